The van der Waals surface area contributed by atoms with Gasteiger partial charge >= 0.3 is 0 Å². The summed E-state index contributed by atoms with van der Waals surface area (Å²) in [5, 5.41) is 3.35. The Morgan fingerprint density at radius 3 is 3.19 bits per heavy atom. The summed E-state index contributed by atoms with van der Waals surface area (Å²) in [6.45, 7) is 3.65. The Kier molecular flexibility index (Phi) is 4.36. The van der Waals surface area contributed by atoms with E-state index in [9.17, 15) is 0 Å². The third-order valence-corrected chi connectivity index (χ3v) is 3.06. The molecule has 2 rings (SSSR count). The highest BCUT2D eigenvalue weighted by Gasteiger charge is 2.20. The number of rotatable bonds is 8. The van der Waals surface area contributed by atoms with Gasteiger partial charge in [-0.25, -0.2) is 4.98 Å². The fraction of sp³-hybridized carbons (Fsp3) is 0.750. The Labute approximate surface area is 97.0 Å². The number of ether oxygens (including phenoxy) is 1. The van der Waals surface area contributed by atoms with E-state index in [0.29, 0.717) is 0 Å². The molecule has 0 saturated heterocycles. The van der Waals surface area contributed by atoms with Crippen molar-refractivity contribution in [2.45, 2.75) is 32.4 Å². The Balaban J connectivity index is 1.71. The first-order valence-corrected chi connectivity index (χ1v) is 6.09. The topological polar surface area (TPSA) is 39.1 Å². The predicted molar refractivity (Wildman–Crippen MR) is 63.2 cm³/mol. The van der Waals surface area contributed by atoms with Crippen LogP contribution < -0.4 is 5.32 Å². The molecular formula is C12H21N3O. The lowest BCUT2D eigenvalue weighted by Crippen LogP contribution is -2.20. The van der Waals surface area contributed by atoms with Gasteiger partial charge in [-0.3, -0.25) is 0 Å². The van der Waals surface area contributed by atoms with Crippen molar-refractivity contribution in [3.8, 4) is 0 Å². The fourth-order valence-electron chi connectivity index (χ4n) is 1.82. The SMILES string of the molecule is COCCNCc1cncn1CCC1CC1. The maximum Gasteiger partial charge on any atom is 0.0948 e. The normalized spacial score (nSPS) is 15.6. The maximum atomic E-state index is 4.99. The van der Waals surface area contributed by atoms with Crippen molar-refractivity contribution in [3.05, 3.63) is 18.2 Å². The molecule has 1 aromatic heterocycles. The molecule has 1 aliphatic rings. The summed E-state index contributed by atoms with van der Waals surface area (Å²) in [5.74, 6) is 0.983. The van der Waals surface area contributed by atoms with E-state index in [1.54, 1.807) is 7.11 Å². The van der Waals surface area contributed by atoms with E-state index < -0.39 is 0 Å². The van der Waals surface area contributed by atoms with Crippen molar-refractivity contribution in [3.63, 3.8) is 0 Å². The molecule has 0 atom stereocenters. The average molecular weight is 223 g/mol. The quantitative estimate of drug-likeness (QED) is 0.677. The summed E-state index contributed by atoms with van der Waals surface area (Å²) in [6, 6.07) is 0. The lowest BCUT2D eigenvalue weighted by atomic mass is 10.3. The zero-order chi connectivity index (χ0) is 11.2. The van der Waals surface area contributed by atoms with Gasteiger partial charge in [-0.05, 0) is 12.3 Å². The van der Waals surface area contributed by atoms with Gasteiger partial charge in [0.05, 0.1) is 18.6 Å². The van der Waals surface area contributed by atoms with Crippen LogP contribution in [-0.4, -0.2) is 29.8 Å². The molecule has 0 radical (unpaired) electrons. The van der Waals surface area contributed by atoms with E-state index in [-0.39, 0.29) is 0 Å². The van der Waals surface area contributed by atoms with Gasteiger partial charge in [-0.1, -0.05) is 12.8 Å². The first-order chi connectivity index (χ1) is 7.90. The van der Waals surface area contributed by atoms with Gasteiger partial charge in [-0.15, -0.1) is 0 Å². The first kappa shape index (κ1) is 11.6. The second-order valence-corrected chi connectivity index (χ2v) is 4.48. The Hall–Kier alpha value is -0.870. The molecule has 16 heavy (non-hydrogen) atoms. The standard InChI is InChI=1S/C12H21N3O/c1-16-7-5-13-8-12-9-14-10-15(12)6-4-11-2-3-11/h9-11,13H,2-8H2,1H3. The van der Waals surface area contributed by atoms with Crippen LogP contribution in [0.5, 0.6) is 0 Å². The number of imidazole rings is 1. The third-order valence-electron chi connectivity index (χ3n) is 3.06. The molecule has 1 heterocycles. The highest BCUT2D eigenvalue weighted by atomic mass is 16.5. The number of hydrogen-bond donors (Lipinski definition) is 1. The maximum absolute atomic E-state index is 4.99. The fourth-order valence-corrected chi connectivity index (χ4v) is 1.82. The first-order valence-electron chi connectivity index (χ1n) is 6.09. The number of hydrogen-bond acceptors (Lipinski definition) is 3. The zero-order valence-electron chi connectivity index (χ0n) is 9.98. The highest BCUT2D eigenvalue weighted by Crippen LogP contribution is 2.32. The second-order valence-electron chi connectivity index (χ2n) is 4.48. The number of aryl methyl sites for hydroxylation is 1. The number of aromatic nitrogens is 2. The molecule has 1 N–H and O–H groups in total. The Bertz CT molecular complexity index is 307. The summed E-state index contributed by atoms with van der Waals surface area (Å²) in [5.41, 5.74) is 1.27. The van der Waals surface area contributed by atoms with Crippen LogP contribution in [0.25, 0.3) is 0 Å². The number of nitrogens with one attached hydrogen (secondary N) is 1. The molecule has 0 aromatic carbocycles. The van der Waals surface area contributed by atoms with E-state index in [2.05, 4.69) is 14.9 Å². The van der Waals surface area contributed by atoms with Gasteiger partial charge in [0.15, 0.2) is 0 Å². The Morgan fingerprint density at radius 1 is 1.56 bits per heavy atom. The lowest BCUT2D eigenvalue weighted by molar-refractivity contribution is 0.199. The molecule has 1 saturated carbocycles. The number of nitrogens with zero attached hydrogens (tertiary/aromatic N) is 2. The van der Waals surface area contributed by atoms with Crippen molar-refractivity contribution >= 4 is 0 Å². The smallest absolute Gasteiger partial charge is 0.0948 e. The third kappa shape index (κ3) is 3.61. The van der Waals surface area contributed by atoms with Crippen LogP contribution in [-0.2, 0) is 17.8 Å². The second kappa shape index (κ2) is 6.01. The molecule has 1 fully saturated rings. The minimum Gasteiger partial charge on any atom is -0.383 e. The van der Waals surface area contributed by atoms with E-state index in [1.807, 2.05) is 12.5 Å². The highest BCUT2D eigenvalue weighted by molar-refractivity contribution is 4.98. The van der Waals surface area contributed by atoms with Crippen molar-refractivity contribution in [2.24, 2.45) is 5.92 Å². The van der Waals surface area contributed by atoms with Gasteiger partial charge in [0, 0.05) is 32.9 Å². The monoisotopic (exact) mass is 223 g/mol. The van der Waals surface area contributed by atoms with Crippen molar-refractivity contribution in [1.29, 1.82) is 0 Å². The molecule has 0 spiro atoms. The van der Waals surface area contributed by atoms with E-state index >= 15 is 0 Å². The summed E-state index contributed by atoms with van der Waals surface area (Å²) in [7, 11) is 1.72. The van der Waals surface area contributed by atoms with Crippen LogP contribution in [0.1, 0.15) is 25.0 Å². The molecule has 0 bridgehead atoms. The Morgan fingerprint density at radius 2 is 2.44 bits per heavy atom. The molecule has 90 valence electrons. The van der Waals surface area contributed by atoms with Crippen LogP contribution in [0.4, 0.5) is 0 Å². The summed E-state index contributed by atoms with van der Waals surface area (Å²) >= 11 is 0. The van der Waals surface area contributed by atoms with Gasteiger partial charge in [0.1, 0.15) is 0 Å². The molecule has 0 unspecified atom stereocenters. The average Bonchev–Trinajstić information content (AvgIpc) is 3.02. The summed E-state index contributed by atoms with van der Waals surface area (Å²) in [4.78, 5) is 4.21. The van der Waals surface area contributed by atoms with Crippen molar-refractivity contribution < 1.29 is 4.74 Å². The minimum absolute atomic E-state index is 0.760. The molecule has 0 aliphatic heterocycles. The largest absolute Gasteiger partial charge is 0.383 e. The lowest BCUT2D eigenvalue weighted by Gasteiger charge is -2.08. The van der Waals surface area contributed by atoms with Crippen molar-refractivity contribution in [2.75, 3.05) is 20.3 Å². The molecule has 1 aliphatic carbocycles. The van der Waals surface area contributed by atoms with Crippen LogP contribution in [0, 0.1) is 5.92 Å². The van der Waals surface area contributed by atoms with Gasteiger partial charge in [0.2, 0.25) is 0 Å². The molecule has 1 aromatic rings. The van der Waals surface area contributed by atoms with Gasteiger partial charge in [0.25, 0.3) is 0 Å². The van der Waals surface area contributed by atoms with Crippen LogP contribution in [0.3, 0.4) is 0 Å². The van der Waals surface area contributed by atoms with Gasteiger partial charge in [-0.2, -0.15) is 0 Å². The molecular weight excluding hydrogens is 202 g/mol. The number of methoxy groups -OCH3 is 1. The molecule has 4 heteroatoms. The van der Waals surface area contributed by atoms with E-state index in [4.69, 9.17) is 4.74 Å². The van der Waals surface area contributed by atoms with Crippen LogP contribution in [0.2, 0.25) is 0 Å². The summed E-state index contributed by atoms with van der Waals surface area (Å²) in [6.07, 6.45) is 8.05. The molecule has 0 amide bonds. The van der Waals surface area contributed by atoms with Gasteiger partial charge < -0.3 is 14.6 Å². The summed E-state index contributed by atoms with van der Waals surface area (Å²) < 4.78 is 7.26. The van der Waals surface area contributed by atoms with E-state index in [1.165, 1.54) is 25.0 Å². The van der Waals surface area contributed by atoms with Crippen LogP contribution >= 0.6 is 0 Å². The minimum atomic E-state index is 0.760. The van der Waals surface area contributed by atoms with Crippen LogP contribution in [0.15, 0.2) is 12.5 Å². The zero-order valence-corrected chi connectivity index (χ0v) is 9.98. The van der Waals surface area contributed by atoms with Crippen molar-refractivity contribution in [1.82, 2.24) is 14.9 Å². The van der Waals surface area contributed by atoms with E-state index in [0.717, 1.165) is 32.2 Å². The molecule has 4 nitrogen and oxygen atoms in total. The predicted octanol–water partition coefficient (Wildman–Crippen LogP) is 1.42.